The average molecular weight is 258 g/mol. The van der Waals surface area contributed by atoms with Gasteiger partial charge in [-0.25, -0.2) is 9.59 Å². The van der Waals surface area contributed by atoms with Gasteiger partial charge in [-0.05, 0) is 27.7 Å². The molecule has 0 saturated carbocycles. The minimum absolute atomic E-state index is 0.0157. The molecule has 18 heavy (non-hydrogen) atoms. The summed E-state index contributed by atoms with van der Waals surface area (Å²) in [6.45, 7) is 7.45. The van der Waals surface area contributed by atoms with E-state index < -0.39 is 17.7 Å². The molecule has 0 aromatic rings. The Morgan fingerprint density at radius 2 is 2.00 bits per heavy atom. The van der Waals surface area contributed by atoms with E-state index in [1.165, 1.54) is 11.9 Å². The first-order valence-corrected chi connectivity index (χ1v) is 5.92. The maximum absolute atomic E-state index is 12.2. The molecule has 1 fully saturated rings. The van der Waals surface area contributed by atoms with E-state index in [1.54, 1.807) is 11.9 Å². The summed E-state index contributed by atoms with van der Waals surface area (Å²) in [7, 11) is 3.00. The number of urea groups is 2. The molecule has 0 spiro atoms. The van der Waals surface area contributed by atoms with Crippen molar-refractivity contribution in [2.45, 2.75) is 45.4 Å². The molecule has 1 aliphatic rings. The van der Waals surface area contributed by atoms with E-state index in [0.717, 1.165) is 0 Å². The zero-order valence-electron chi connectivity index (χ0n) is 11.8. The Morgan fingerprint density at radius 3 is 2.33 bits per heavy atom. The van der Waals surface area contributed by atoms with Crippen molar-refractivity contribution >= 4 is 12.1 Å². The van der Waals surface area contributed by atoms with E-state index in [9.17, 15) is 14.8 Å². The Labute approximate surface area is 107 Å². The van der Waals surface area contributed by atoms with Gasteiger partial charge in [-0.1, -0.05) is 0 Å². The molecule has 1 atom stereocenters. The van der Waals surface area contributed by atoms with Crippen molar-refractivity contribution < 1.29 is 14.8 Å². The molecule has 4 amide bonds. The molecule has 0 aromatic heterocycles. The second-order valence-electron chi connectivity index (χ2n) is 5.28. The maximum atomic E-state index is 12.2. The van der Waals surface area contributed by atoms with Gasteiger partial charge in [0, 0.05) is 20.1 Å². The molecule has 1 heterocycles. The van der Waals surface area contributed by atoms with Crippen LogP contribution < -0.4 is 5.32 Å². The van der Waals surface area contributed by atoms with Crippen molar-refractivity contribution in [3.8, 4) is 0 Å². The van der Waals surface area contributed by atoms with Crippen LogP contribution in [-0.2, 0) is 0 Å². The molecule has 1 saturated heterocycles. The van der Waals surface area contributed by atoms with Crippen LogP contribution in [0, 0.1) is 0 Å². The van der Waals surface area contributed by atoms with Crippen LogP contribution in [0.25, 0.3) is 0 Å². The third kappa shape index (κ3) is 1.98. The van der Waals surface area contributed by atoms with Gasteiger partial charge in [0.1, 0.15) is 0 Å². The Morgan fingerprint density at radius 1 is 1.50 bits per heavy atom. The van der Waals surface area contributed by atoms with Crippen molar-refractivity contribution in [1.29, 1.82) is 0 Å². The van der Waals surface area contributed by atoms with Crippen LogP contribution in [0.3, 0.4) is 0 Å². The second kappa shape index (κ2) is 4.64. The summed E-state index contributed by atoms with van der Waals surface area (Å²) >= 11 is 0. The van der Waals surface area contributed by atoms with E-state index >= 15 is 0 Å². The number of amides is 4. The van der Waals surface area contributed by atoms with Gasteiger partial charge in [0.15, 0.2) is 6.17 Å². The summed E-state index contributed by atoms with van der Waals surface area (Å²) in [5.74, 6) is 0. The van der Waals surface area contributed by atoms with Gasteiger partial charge in [-0.3, -0.25) is 5.21 Å². The molecule has 7 nitrogen and oxygen atoms in total. The molecule has 1 aliphatic heterocycles. The molecule has 0 unspecified atom stereocenters. The van der Waals surface area contributed by atoms with E-state index in [0.29, 0.717) is 5.06 Å². The van der Waals surface area contributed by atoms with Gasteiger partial charge >= 0.3 is 12.1 Å². The number of nitrogens with zero attached hydrogens (tertiary/aromatic N) is 3. The SMILES string of the molecule is CNC(=O)N(O)[C@H]1N(C)C(=O)N(C(C)C)C1(C)C. The third-order valence-electron chi connectivity index (χ3n) is 3.30. The standard InChI is InChI=1S/C11H22N4O3/c1-7(2)14-10(17)13(6)8(11(14,3)4)15(18)9(16)12-5/h7-8,18H,1-6H3,(H,12,16)/t8-/m1/s1. The third-order valence-corrected chi connectivity index (χ3v) is 3.30. The van der Waals surface area contributed by atoms with Crippen molar-refractivity contribution in [3.05, 3.63) is 0 Å². The van der Waals surface area contributed by atoms with Gasteiger partial charge in [0.2, 0.25) is 0 Å². The lowest BCUT2D eigenvalue weighted by Gasteiger charge is -2.39. The maximum Gasteiger partial charge on any atom is 0.342 e. The lowest BCUT2D eigenvalue weighted by molar-refractivity contribution is -0.130. The van der Waals surface area contributed by atoms with Crippen molar-refractivity contribution in [2.24, 2.45) is 0 Å². The van der Waals surface area contributed by atoms with Crippen LogP contribution in [0.1, 0.15) is 27.7 Å². The topological polar surface area (TPSA) is 76.1 Å². The summed E-state index contributed by atoms with van der Waals surface area (Å²) in [4.78, 5) is 26.7. The van der Waals surface area contributed by atoms with Crippen LogP contribution in [0.4, 0.5) is 9.59 Å². The molecule has 1 rings (SSSR count). The number of likely N-dealkylation sites (N-methyl/N-ethyl adjacent to an activating group) is 1. The van der Waals surface area contributed by atoms with Crippen molar-refractivity contribution in [2.75, 3.05) is 14.1 Å². The first-order chi connectivity index (χ1) is 8.16. The zero-order valence-corrected chi connectivity index (χ0v) is 11.8. The molecule has 0 bridgehead atoms. The molecule has 7 heteroatoms. The highest BCUT2D eigenvalue weighted by Gasteiger charge is 2.54. The van der Waals surface area contributed by atoms with Crippen LogP contribution in [0.15, 0.2) is 0 Å². The lowest BCUT2D eigenvalue weighted by atomic mass is 9.99. The summed E-state index contributed by atoms with van der Waals surface area (Å²) in [6.07, 6.45) is -0.729. The molecule has 2 N–H and O–H groups in total. The van der Waals surface area contributed by atoms with Gasteiger partial charge in [0.05, 0.1) is 5.54 Å². The molecule has 0 aromatic carbocycles. The molecule has 0 aliphatic carbocycles. The van der Waals surface area contributed by atoms with E-state index in [1.807, 2.05) is 27.7 Å². The number of rotatable bonds is 2. The number of hydroxylamine groups is 2. The lowest BCUT2D eigenvalue weighted by Crippen LogP contribution is -2.58. The fraction of sp³-hybridized carbons (Fsp3) is 0.818. The van der Waals surface area contributed by atoms with E-state index in [2.05, 4.69) is 5.32 Å². The fourth-order valence-electron chi connectivity index (χ4n) is 2.69. The molecular formula is C11H22N4O3. The van der Waals surface area contributed by atoms with Crippen molar-refractivity contribution in [1.82, 2.24) is 20.2 Å². The smallest absolute Gasteiger partial charge is 0.339 e. The van der Waals surface area contributed by atoms with E-state index in [-0.39, 0.29) is 12.1 Å². The van der Waals surface area contributed by atoms with Crippen LogP contribution >= 0.6 is 0 Å². The molecule has 104 valence electrons. The highest BCUT2D eigenvalue weighted by atomic mass is 16.5. The molecule has 0 radical (unpaired) electrons. The number of nitrogens with one attached hydrogen (secondary N) is 1. The number of carbonyl (C=O) groups is 2. The van der Waals surface area contributed by atoms with Gasteiger partial charge in [-0.2, -0.15) is 5.06 Å². The quantitative estimate of drug-likeness (QED) is 0.570. The number of hydrogen-bond donors (Lipinski definition) is 2. The predicted octanol–water partition coefficient (Wildman–Crippen LogP) is 0.897. The van der Waals surface area contributed by atoms with Crippen LogP contribution in [0.5, 0.6) is 0 Å². The highest BCUT2D eigenvalue weighted by molar-refractivity contribution is 5.81. The normalized spacial score (nSPS) is 22.7. The van der Waals surface area contributed by atoms with Crippen LogP contribution in [0.2, 0.25) is 0 Å². The van der Waals surface area contributed by atoms with E-state index in [4.69, 9.17) is 0 Å². The van der Waals surface area contributed by atoms with Gasteiger partial charge < -0.3 is 15.1 Å². The van der Waals surface area contributed by atoms with Crippen molar-refractivity contribution in [3.63, 3.8) is 0 Å². The summed E-state index contributed by atoms with van der Waals surface area (Å²) in [5.41, 5.74) is -0.679. The Bertz CT molecular complexity index is 356. The first kappa shape index (κ1) is 14.6. The Balaban J connectivity index is 3.13. The minimum atomic E-state index is -0.729. The summed E-state index contributed by atoms with van der Waals surface area (Å²) < 4.78 is 0. The van der Waals surface area contributed by atoms with Crippen LogP contribution in [-0.4, -0.2) is 64.0 Å². The Hall–Kier alpha value is -1.50. The largest absolute Gasteiger partial charge is 0.342 e. The number of hydrogen-bond acceptors (Lipinski definition) is 3. The van der Waals surface area contributed by atoms with Gasteiger partial charge in [-0.15, -0.1) is 0 Å². The highest BCUT2D eigenvalue weighted by Crippen LogP contribution is 2.34. The molecular weight excluding hydrogens is 236 g/mol. The average Bonchev–Trinajstić information content (AvgIpc) is 2.43. The van der Waals surface area contributed by atoms with Gasteiger partial charge in [0.25, 0.3) is 0 Å². The summed E-state index contributed by atoms with van der Waals surface area (Å²) in [5, 5.41) is 12.9. The fourth-order valence-corrected chi connectivity index (χ4v) is 2.69. The second-order valence-corrected chi connectivity index (χ2v) is 5.28. The number of carbonyl (C=O) groups excluding carboxylic acids is 2. The first-order valence-electron chi connectivity index (χ1n) is 5.92. The monoisotopic (exact) mass is 258 g/mol. The summed E-state index contributed by atoms with van der Waals surface area (Å²) in [6, 6.07) is -0.862. The Kier molecular flexibility index (Phi) is 3.75. The predicted molar refractivity (Wildman–Crippen MR) is 66.1 cm³/mol. The zero-order chi connectivity index (χ0) is 14.2. The minimum Gasteiger partial charge on any atom is -0.339 e.